The highest BCUT2D eigenvalue weighted by atomic mass is 35.5. The molecule has 0 radical (unpaired) electrons. The van der Waals surface area contributed by atoms with E-state index in [4.69, 9.17) is 23.2 Å². The van der Waals surface area contributed by atoms with E-state index in [1.165, 1.54) is 29.5 Å². The Morgan fingerprint density at radius 2 is 1.79 bits per heavy atom. The van der Waals surface area contributed by atoms with Gasteiger partial charge in [0.1, 0.15) is 0 Å². The number of hydrogen-bond acceptors (Lipinski definition) is 0. The van der Waals surface area contributed by atoms with Gasteiger partial charge in [-0.05, 0) is 47.6 Å². The van der Waals surface area contributed by atoms with Crippen LogP contribution in [0.2, 0.25) is 10.0 Å². The Morgan fingerprint density at radius 3 is 2.58 bits per heavy atom. The van der Waals surface area contributed by atoms with E-state index in [9.17, 15) is 0 Å². The highest BCUT2D eigenvalue weighted by Gasteiger charge is 2.25. The van der Waals surface area contributed by atoms with Gasteiger partial charge >= 0.3 is 0 Å². The van der Waals surface area contributed by atoms with Crippen LogP contribution in [-0.2, 0) is 6.42 Å². The number of benzene rings is 2. The summed E-state index contributed by atoms with van der Waals surface area (Å²) in [5.41, 5.74) is 4.18. The normalized spacial score (nSPS) is 22.1. The van der Waals surface area contributed by atoms with Crippen LogP contribution in [0.1, 0.15) is 36.0 Å². The van der Waals surface area contributed by atoms with Crippen molar-refractivity contribution in [2.45, 2.75) is 25.7 Å². The van der Waals surface area contributed by atoms with Crippen LogP contribution >= 0.6 is 23.2 Å². The summed E-state index contributed by atoms with van der Waals surface area (Å²) >= 11 is 12.2. The Hall–Kier alpha value is -0.980. The second kappa shape index (κ2) is 5.19. The maximum atomic E-state index is 6.16. The maximum Gasteiger partial charge on any atom is 0.0595 e. The zero-order valence-electron chi connectivity index (χ0n) is 10.9. The first-order valence-electron chi connectivity index (χ1n) is 6.68. The van der Waals surface area contributed by atoms with E-state index in [0.717, 1.165) is 0 Å². The van der Waals surface area contributed by atoms with Crippen molar-refractivity contribution < 1.29 is 0 Å². The van der Waals surface area contributed by atoms with Gasteiger partial charge in [-0.25, -0.2) is 0 Å². The standard InChI is InChI=1S/C17H16Cl2/c1-11-8-12-4-2-3-5-14(12)15(9-11)13-6-7-16(18)17(19)10-13/h2-7,10-11,15H,8-9H2,1H3/t11-,15+/m0/s1. The third-order valence-electron chi connectivity index (χ3n) is 3.98. The molecular weight excluding hydrogens is 275 g/mol. The second-order valence-electron chi connectivity index (χ2n) is 5.47. The molecule has 0 saturated carbocycles. The van der Waals surface area contributed by atoms with Gasteiger partial charge < -0.3 is 0 Å². The fourth-order valence-electron chi connectivity index (χ4n) is 3.09. The molecule has 0 spiro atoms. The van der Waals surface area contributed by atoms with Crippen molar-refractivity contribution in [2.24, 2.45) is 5.92 Å². The van der Waals surface area contributed by atoms with Crippen LogP contribution in [0.15, 0.2) is 42.5 Å². The Balaban J connectivity index is 2.07. The molecule has 0 amide bonds. The maximum absolute atomic E-state index is 6.16. The smallest absolute Gasteiger partial charge is 0.0595 e. The molecule has 2 atom stereocenters. The van der Waals surface area contributed by atoms with Crippen LogP contribution in [0, 0.1) is 5.92 Å². The van der Waals surface area contributed by atoms with E-state index < -0.39 is 0 Å². The highest BCUT2D eigenvalue weighted by molar-refractivity contribution is 6.42. The number of hydrogen-bond donors (Lipinski definition) is 0. The average Bonchev–Trinajstić information content (AvgIpc) is 2.41. The van der Waals surface area contributed by atoms with Crippen molar-refractivity contribution in [3.63, 3.8) is 0 Å². The summed E-state index contributed by atoms with van der Waals surface area (Å²) in [5.74, 6) is 1.14. The second-order valence-corrected chi connectivity index (χ2v) is 6.28. The highest BCUT2D eigenvalue weighted by Crippen LogP contribution is 2.40. The summed E-state index contributed by atoms with van der Waals surface area (Å²) in [5, 5.41) is 1.28. The van der Waals surface area contributed by atoms with Crippen LogP contribution in [0.4, 0.5) is 0 Å². The molecule has 1 aliphatic carbocycles. The molecule has 19 heavy (non-hydrogen) atoms. The van der Waals surface area contributed by atoms with Crippen molar-refractivity contribution in [2.75, 3.05) is 0 Å². The van der Waals surface area contributed by atoms with E-state index in [1.54, 1.807) is 0 Å². The van der Waals surface area contributed by atoms with Gasteiger partial charge in [-0.15, -0.1) is 0 Å². The number of fused-ring (bicyclic) bond motifs is 1. The molecule has 2 heteroatoms. The Bertz CT molecular complexity index is 604. The third kappa shape index (κ3) is 2.52. The van der Waals surface area contributed by atoms with Gasteiger partial charge in [0.25, 0.3) is 0 Å². The van der Waals surface area contributed by atoms with Gasteiger partial charge in [0.15, 0.2) is 0 Å². The molecule has 1 aliphatic rings. The third-order valence-corrected chi connectivity index (χ3v) is 4.72. The molecule has 98 valence electrons. The van der Waals surface area contributed by atoms with Crippen molar-refractivity contribution in [1.82, 2.24) is 0 Å². The fraction of sp³-hybridized carbons (Fsp3) is 0.294. The van der Waals surface area contributed by atoms with Gasteiger partial charge in [-0.2, -0.15) is 0 Å². The van der Waals surface area contributed by atoms with Crippen LogP contribution in [0.5, 0.6) is 0 Å². The summed E-state index contributed by atoms with van der Waals surface area (Å²) in [7, 11) is 0. The van der Waals surface area contributed by atoms with Crippen molar-refractivity contribution in [3.8, 4) is 0 Å². The van der Waals surface area contributed by atoms with E-state index in [0.29, 0.717) is 21.9 Å². The topological polar surface area (TPSA) is 0 Å². The summed E-state index contributed by atoms with van der Waals surface area (Å²) in [6, 6.07) is 14.8. The first-order valence-corrected chi connectivity index (χ1v) is 7.43. The molecule has 2 aromatic carbocycles. The molecule has 2 aromatic rings. The zero-order valence-corrected chi connectivity index (χ0v) is 12.4. The van der Waals surface area contributed by atoms with E-state index >= 15 is 0 Å². The predicted molar refractivity (Wildman–Crippen MR) is 82.2 cm³/mol. The van der Waals surface area contributed by atoms with Crippen molar-refractivity contribution in [3.05, 3.63) is 69.2 Å². The molecule has 3 rings (SSSR count). The minimum Gasteiger partial charge on any atom is -0.0827 e. The monoisotopic (exact) mass is 290 g/mol. The Labute approximate surface area is 124 Å². The summed E-state index contributed by atoms with van der Waals surface area (Å²) in [6.07, 6.45) is 2.35. The average molecular weight is 291 g/mol. The molecule has 0 heterocycles. The van der Waals surface area contributed by atoms with Gasteiger partial charge in [0.2, 0.25) is 0 Å². The summed E-state index contributed by atoms with van der Waals surface area (Å²) < 4.78 is 0. The van der Waals surface area contributed by atoms with E-state index in [2.05, 4.69) is 37.3 Å². The van der Waals surface area contributed by atoms with Gasteiger partial charge in [-0.1, -0.05) is 60.5 Å². The Morgan fingerprint density at radius 1 is 1.00 bits per heavy atom. The molecule has 0 fully saturated rings. The van der Waals surface area contributed by atoms with Crippen LogP contribution in [0.25, 0.3) is 0 Å². The van der Waals surface area contributed by atoms with Crippen LogP contribution < -0.4 is 0 Å². The molecule has 0 aliphatic heterocycles. The molecule has 0 bridgehead atoms. The lowest BCUT2D eigenvalue weighted by molar-refractivity contribution is 0.464. The van der Waals surface area contributed by atoms with Crippen LogP contribution in [0.3, 0.4) is 0 Å². The first-order chi connectivity index (χ1) is 9.15. The molecule has 0 aromatic heterocycles. The van der Waals surface area contributed by atoms with Crippen molar-refractivity contribution in [1.29, 1.82) is 0 Å². The van der Waals surface area contributed by atoms with Gasteiger partial charge in [0, 0.05) is 5.92 Å². The first kappa shape index (κ1) is 13.0. The lowest BCUT2D eigenvalue weighted by Crippen LogP contribution is -2.17. The van der Waals surface area contributed by atoms with E-state index in [1.807, 2.05) is 12.1 Å². The molecule has 0 nitrogen and oxygen atoms in total. The fourth-order valence-corrected chi connectivity index (χ4v) is 3.40. The quantitative estimate of drug-likeness (QED) is 0.631. The SMILES string of the molecule is C[C@H]1Cc2ccccc2[C@@H](c2ccc(Cl)c(Cl)c2)C1. The van der Waals surface area contributed by atoms with Crippen molar-refractivity contribution >= 4 is 23.2 Å². The zero-order chi connectivity index (χ0) is 13.4. The summed E-state index contributed by atoms with van der Waals surface area (Å²) in [4.78, 5) is 0. The largest absolute Gasteiger partial charge is 0.0827 e. The lowest BCUT2D eigenvalue weighted by Gasteiger charge is -2.30. The number of halogens is 2. The van der Waals surface area contributed by atoms with Gasteiger partial charge in [0.05, 0.1) is 10.0 Å². The minimum atomic E-state index is 0.440. The summed E-state index contributed by atoms with van der Waals surface area (Å²) in [6.45, 7) is 2.32. The lowest BCUT2D eigenvalue weighted by atomic mass is 9.75. The molecule has 0 N–H and O–H groups in total. The predicted octanol–water partition coefficient (Wildman–Crippen LogP) is 5.71. The molecule has 0 saturated heterocycles. The molecule has 0 unspecified atom stereocenters. The molecular formula is C17H16Cl2. The Kier molecular flexibility index (Phi) is 3.56. The van der Waals surface area contributed by atoms with Gasteiger partial charge in [-0.3, -0.25) is 0 Å². The van der Waals surface area contributed by atoms with Crippen LogP contribution in [-0.4, -0.2) is 0 Å². The van der Waals surface area contributed by atoms with E-state index in [-0.39, 0.29) is 0 Å². The number of rotatable bonds is 1. The minimum absolute atomic E-state index is 0.440.